The normalized spacial score (nSPS) is 21.5. The highest BCUT2D eigenvalue weighted by Gasteiger charge is 2.32. The smallest absolute Gasteiger partial charge is 0.321 e. The van der Waals surface area contributed by atoms with Gasteiger partial charge in [-0.05, 0) is 36.2 Å². The van der Waals surface area contributed by atoms with Gasteiger partial charge < -0.3 is 24.8 Å². The third-order valence-corrected chi connectivity index (χ3v) is 4.90. The zero-order chi connectivity index (χ0) is 18.1. The fourth-order valence-corrected chi connectivity index (χ4v) is 3.41. The lowest BCUT2D eigenvalue weighted by atomic mass is 9.87. The third-order valence-electron chi connectivity index (χ3n) is 4.67. The summed E-state index contributed by atoms with van der Waals surface area (Å²) >= 11 is 5.74. The van der Waals surface area contributed by atoms with Crippen LogP contribution in [0.2, 0.25) is 5.15 Å². The molecule has 1 aromatic heterocycles. The molecular weight excluding hydrogens is 358 g/mol. The number of carbonyl (C=O) groups excluding carboxylic acids is 1. The van der Waals surface area contributed by atoms with Gasteiger partial charge in [-0.2, -0.15) is 0 Å². The fraction of sp³-hybridized carbons (Fsp3) is 0.333. The highest BCUT2D eigenvalue weighted by molar-refractivity contribution is 6.29. The van der Waals surface area contributed by atoms with E-state index in [9.17, 15) is 9.90 Å². The summed E-state index contributed by atoms with van der Waals surface area (Å²) in [5.41, 5.74) is 1.55. The molecule has 7 nitrogen and oxygen atoms in total. The SMILES string of the molecule is O=C(Nc1ccc(Cl)nc1)N1CC[C@@H](c2ccc3c(c2)OCO3)[C@H](O)C1. The Balaban J connectivity index is 1.40. The van der Waals surface area contributed by atoms with E-state index in [2.05, 4.69) is 10.3 Å². The van der Waals surface area contributed by atoms with Crippen LogP contribution in [0.3, 0.4) is 0 Å². The Hall–Kier alpha value is -2.51. The number of urea groups is 1. The van der Waals surface area contributed by atoms with Crippen LogP contribution in [-0.2, 0) is 0 Å². The number of amides is 2. The average molecular weight is 376 g/mol. The number of carbonyl (C=O) groups is 1. The number of hydrogen-bond acceptors (Lipinski definition) is 5. The lowest BCUT2D eigenvalue weighted by Crippen LogP contribution is -2.47. The molecule has 2 aromatic rings. The maximum absolute atomic E-state index is 12.4. The van der Waals surface area contributed by atoms with E-state index in [0.717, 1.165) is 11.3 Å². The van der Waals surface area contributed by atoms with E-state index in [4.69, 9.17) is 21.1 Å². The summed E-state index contributed by atoms with van der Waals surface area (Å²) in [6, 6.07) is 8.73. The van der Waals surface area contributed by atoms with Crippen molar-refractivity contribution in [3.8, 4) is 11.5 Å². The molecule has 2 atom stereocenters. The van der Waals surface area contributed by atoms with Crippen LogP contribution >= 0.6 is 11.6 Å². The molecule has 0 aliphatic carbocycles. The number of aliphatic hydroxyl groups is 1. The Labute approximate surface area is 155 Å². The van der Waals surface area contributed by atoms with Crippen LogP contribution in [0, 0.1) is 0 Å². The van der Waals surface area contributed by atoms with Gasteiger partial charge in [0, 0.05) is 19.0 Å². The lowest BCUT2D eigenvalue weighted by Gasteiger charge is -2.36. The number of pyridine rings is 1. The molecule has 2 aliphatic heterocycles. The molecule has 26 heavy (non-hydrogen) atoms. The molecule has 1 saturated heterocycles. The number of benzene rings is 1. The highest BCUT2D eigenvalue weighted by atomic mass is 35.5. The summed E-state index contributed by atoms with van der Waals surface area (Å²) < 4.78 is 10.7. The number of ether oxygens (including phenoxy) is 2. The minimum Gasteiger partial charge on any atom is -0.454 e. The van der Waals surface area contributed by atoms with Gasteiger partial charge in [0.05, 0.1) is 18.0 Å². The molecule has 1 fully saturated rings. The molecule has 0 bridgehead atoms. The van der Waals surface area contributed by atoms with Gasteiger partial charge in [-0.1, -0.05) is 17.7 Å². The molecular formula is C18H18ClN3O4. The van der Waals surface area contributed by atoms with Crippen LogP contribution in [0.25, 0.3) is 0 Å². The molecule has 0 unspecified atom stereocenters. The summed E-state index contributed by atoms with van der Waals surface area (Å²) in [5, 5.41) is 13.7. The van der Waals surface area contributed by atoms with E-state index in [0.29, 0.717) is 29.6 Å². The van der Waals surface area contributed by atoms with E-state index >= 15 is 0 Å². The lowest BCUT2D eigenvalue weighted by molar-refractivity contribution is 0.0688. The summed E-state index contributed by atoms with van der Waals surface area (Å²) in [7, 11) is 0. The van der Waals surface area contributed by atoms with Gasteiger partial charge >= 0.3 is 6.03 Å². The summed E-state index contributed by atoms with van der Waals surface area (Å²) in [5.74, 6) is 1.37. The summed E-state index contributed by atoms with van der Waals surface area (Å²) in [6.07, 6.45) is 1.50. The molecule has 4 rings (SSSR count). The molecule has 1 aromatic carbocycles. The van der Waals surface area contributed by atoms with Crippen LogP contribution in [0.5, 0.6) is 11.5 Å². The zero-order valence-corrected chi connectivity index (χ0v) is 14.6. The highest BCUT2D eigenvalue weighted by Crippen LogP contribution is 2.37. The van der Waals surface area contributed by atoms with Gasteiger partial charge in [0.2, 0.25) is 6.79 Å². The number of nitrogens with zero attached hydrogens (tertiary/aromatic N) is 2. The predicted octanol–water partition coefficient (Wildman–Crippen LogP) is 2.85. The largest absolute Gasteiger partial charge is 0.454 e. The maximum Gasteiger partial charge on any atom is 0.321 e. The second kappa shape index (κ2) is 7.01. The van der Waals surface area contributed by atoms with E-state index in [-0.39, 0.29) is 25.3 Å². The number of halogens is 1. The van der Waals surface area contributed by atoms with Gasteiger partial charge in [0.1, 0.15) is 5.15 Å². The zero-order valence-electron chi connectivity index (χ0n) is 13.9. The van der Waals surface area contributed by atoms with Crippen molar-refractivity contribution in [2.45, 2.75) is 18.4 Å². The first-order valence-electron chi connectivity index (χ1n) is 8.35. The topological polar surface area (TPSA) is 83.9 Å². The molecule has 0 radical (unpaired) electrons. The molecule has 2 amide bonds. The van der Waals surface area contributed by atoms with E-state index in [1.165, 1.54) is 6.20 Å². The van der Waals surface area contributed by atoms with Crippen LogP contribution in [0.4, 0.5) is 10.5 Å². The number of anilines is 1. The van der Waals surface area contributed by atoms with Crippen molar-refractivity contribution in [2.24, 2.45) is 0 Å². The van der Waals surface area contributed by atoms with Crippen LogP contribution in [-0.4, -0.2) is 47.0 Å². The Bertz CT molecular complexity index is 815. The molecule has 2 N–H and O–H groups in total. The number of hydrogen-bond donors (Lipinski definition) is 2. The van der Waals surface area contributed by atoms with Crippen molar-refractivity contribution < 1.29 is 19.4 Å². The number of β-amino-alcohol motifs (C(OH)–C–C–N with tert-alkyl or cyclic N) is 1. The Morgan fingerprint density at radius 3 is 2.88 bits per heavy atom. The number of likely N-dealkylation sites (tertiary alicyclic amines) is 1. The number of nitrogens with one attached hydrogen (secondary N) is 1. The van der Waals surface area contributed by atoms with E-state index < -0.39 is 6.10 Å². The first-order valence-corrected chi connectivity index (χ1v) is 8.73. The van der Waals surface area contributed by atoms with Gasteiger partial charge in [-0.15, -0.1) is 0 Å². The number of aromatic nitrogens is 1. The number of piperidine rings is 1. The summed E-state index contributed by atoms with van der Waals surface area (Å²) in [4.78, 5) is 17.9. The molecule has 136 valence electrons. The van der Waals surface area contributed by atoms with Crippen LogP contribution in [0.15, 0.2) is 36.5 Å². The van der Waals surface area contributed by atoms with Crippen molar-refractivity contribution in [3.05, 3.63) is 47.2 Å². The van der Waals surface area contributed by atoms with Crippen LogP contribution in [0.1, 0.15) is 17.9 Å². The first-order chi connectivity index (χ1) is 12.6. The standard InChI is InChI=1S/C18H18ClN3O4/c19-17-4-2-12(8-20-17)21-18(24)22-6-5-13(14(23)9-22)11-1-3-15-16(7-11)26-10-25-15/h1-4,7-8,13-14,23H,5-6,9-10H2,(H,21,24)/t13-,14+/m0/s1. The van der Waals surface area contributed by atoms with Crippen LogP contribution < -0.4 is 14.8 Å². The van der Waals surface area contributed by atoms with Crippen molar-refractivity contribution in [1.29, 1.82) is 0 Å². The van der Waals surface area contributed by atoms with Gasteiger partial charge in [-0.25, -0.2) is 9.78 Å². The van der Waals surface area contributed by atoms with Gasteiger partial charge in [-0.3, -0.25) is 0 Å². The molecule has 8 heteroatoms. The number of rotatable bonds is 2. The van der Waals surface area contributed by atoms with Crippen molar-refractivity contribution >= 4 is 23.3 Å². The number of aliphatic hydroxyl groups excluding tert-OH is 1. The summed E-state index contributed by atoms with van der Waals surface area (Å²) in [6.45, 7) is 1.02. The van der Waals surface area contributed by atoms with Gasteiger partial charge in [0.15, 0.2) is 11.5 Å². The maximum atomic E-state index is 12.4. The molecule has 2 aliphatic rings. The second-order valence-corrected chi connectivity index (χ2v) is 6.71. The minimum atomic E-state index is -0.654. The molecule has 0 saturated carbocycles. The third kappa shape index (κ3) is 3.40. The van der Waals surface area contributed by atoms with Crippen molar-refractivity contribution in [2.75, 3.05) is 25.2 Å². The van der Waals surface area contributed by atoms with Crippen molar-refractivity contribution in [1.82, 2.24) is 9.88 Å². The Kier molecular flexibility index (Phi) is 4.57. The monoisotopic (exact) mass is 375 g/mol. The van der Waals surface area contributed by atoms with Gasteiger partial charge in [0.25, 0.3) is 0 Å². The van der Waals surface area contributed by atoms with E-state index in [1.807, 2.05) is 18.2 Å². The molecule has 3 heterocycles. The van der Waals surface area contributed by atoms with E-state index in [1.54, 1.807) is 17.0 Å². The minimum absolute atomic E-state index is 0.0502. The Morgan fingerprint density at radius 1 is 1.27 bits per heavy atom. The van der Waals surface area contributed by atoms with Crippen molar-refractivity contribution in [3.63, 3.8) is 0 Å². The first kappa shape index (κ1) is 16.9. The molecule has 0 spiro atoms. The quantitative estimate of drug-likeness (QED) is 0.788. The average Bonchev–Trinajstić information content (AvgIpc) is 3.11. The fourth-order valence-electron chi connectivity index (χ4n) is 3.30. The second-order valence-electron chi connectivity index (χ2n) is 6.32. The predicted molar refractivity (Wildman–Crippen MR) is 95.8 cm³/mol. The Morgan fingerprint density at radius 2 is 2.12 bits per heavy atom. The number of fused-ring (bicyclic) bond motifs is 1.